The van der Waals surface area contributed by atoms with Crippen LogP contribution in [0.3, 0.4) is 0 Å². The third-order valence-electron chi connectivity index (χ3n) is 5.68. The highest BCUT2D eigenvalue weighted by molar-refractivity contribution is 5.90. The van der Waals surface area contributed by atoms with E-state index >= 15 is 0 Å². The number of nitrogens with one attached hydrogen (secondary N) is 1. The zero-order chi connectivity index (χ0) is 22.2. The molecule has 0 saturated carbocycles. The van der Waals surface area contributed by atoms with Gasteiger partial charge in [-0.2, -0.15) is 8.78 Å². The Morgan fingerprint density at radius 2 is 1.65 bits per heavy atom. The van der Waals surface area contributed by atoms with E-state index in [1.165, 1.54) is 0 Å². The Morgan fingerprint density at radius 3 is 2.16 bits per heavy atom. The number of benzene rings is 2. The number of carboxylic acids is 1. The van der Waals surface area contributed by atoms with Gasteiger partial charge >= 0.3 is 18.0 Å². The lowest BCUT2D eigenvalue weighted by Crippen LogP contribution is -2.61. The number of carbonyl (C=O) groups is 3. The lowest BCUT2D eigenvalue weighted by atomic mass is 9.98. The maximum atomic E-state index is 14.2. The highest BCUT2D eigenvalue weighted by Gasteiger charge is 2.49. The summed E-state index contributed by atoms with van der Waals surface area (Å²) in [6, 6.07) is 14.1. The van der Waals surface area contributed by atoms with E-state index in [9.17, 15) is 23.2 Å². The molecule has 0 spiro atoms. The van der Waals surface area contributed by atoms with Crippen LogP contribution in [-0.2, 0) is 14.3 Å². The number of hydrogen-bond donors (Lipinski definition) is 2. The van der Waals surface area contributed by atoms with E-state index in [-0.39, 0.29) is 25.5 Å². The van der Waals surface area contributed by atoms with Gasteiger partial charge in [0.15, 0.2) is 0 Å². The minimum absolute atomic E-state index is 0.0490. The standard InChI is InChI=1S/C22H20F2N2O5/c23-22(24,20(29)26-10-9-18(26)19(27)28)12-25-21(30)31-11-17-15-7-3-1-5-13(15)14-6-2-4-8-16(14)17/h1-8,17-18H,9-12H2,(H,25,30)(H,27,28). The molecule has 0 radical (unpaired) electrons. The number of carboxylic acid groups (broad SMARTS) is 1. The van der Waals surface area contributed by atoms with Crippen LogP contribution >= 0.6 is 0 Å². The molecule has 2 aromatic carbocycles. The summed E-state index contributed by atoms with van der Waals surface area (Å²) in [5, 5.41) is 10.8. The molecular weight excluding hydrogens is 410 g/mol. The lowest BCUT2D eigenvalue weighted by molar-refractivity contribution is -0.172. The number of ether oxygens (including phenoxy) is 1. The molecule has 162 valence electrons. The third kappa shape index (κ3) is 3.83. The van der Waals surface area contributed by atoms with Crippen LogP contribution in [0.2, 0.25) is 0 Å². The van der Waals surface area contributed by atoms with Crippen LogP contribution in [0.1, 0.15) is 23.5 Å². The van der Waals surface area contributed by atoms with Crippen LogP contribution in [0.4, 0.5) is 13.6 Å². The molecule has 7 nitrogen and oxygen atoms in total. The Kier molecular flexibility index (Phi) is 5.34. The molecule has 1 atom stereocenters. The molecule has 1 aliphatic carbocycles. The summed E-state index contributed by atoms with van der Waals surface area (Å²) in [5.74, 6) is -7.11. The summed E-state index contributed by atoms with van der Waals surface area (Å²) in [6.07, 6.45) is -0.954. The van der Waals surface area contributed by atoms with Gasteiger partial charge in [-0.05, 0) is 28.7 Å². The number of alkyl carbamates (subject to hydrolysis) is 1. The number of amides is 2. The monoisotopic (exact) mass is 430 g/mol. The second-order valence-corrected chi connectivity index (χ2v) is 7.52. The van der Waals surface area contributed by atoms with E-state index in [0.29, 0.717) is 4.90 Å². The fourth-order valence-corrected chi connectivity index (χ4v) is 4.01. The van der Waals surface area contributed by atoms with Crippen molar-refractivity contribution in [2.24, 2.45) is 0 Å². The van der Waals surface area contributed by atoms with Gasteiger partial charge in [0.1, 0.15) is 12.6 Å². The van der Waals surface area contributed by atoms with Crippen molar-refractivity contribution in [2.75, 3.05) is 19.7 Å². The number of fused-ring (bicyclic) bond motifs is 3. The Hall–Kier alpha value is -3.49. The number of carbonyl (C=O) groups excluding carboxylic acids is 2. The normalized spacial score (nSPS) is 17.4. The van der Waals surface area contributed by atoms with Crippen molar-refractivity contribution in [1.82, 2.24) is 10.2 Å². The number of aliphatic carboxylic acids is 1. The second kappa shape index (κ2) is 7.98. The van der Waals surface area contributed by atoms with Crippen molar-refractivity contribution in [3.8, 4) is 11.1 Å². The van der Waals surface area contributed by atoms with Crippen LogP contribution in [-0.4, -0.2) is 59.6 Å². The summed E-state index contributed by atoms with van der Waals surface area (Å²) < 4.78 is 33.5. The Labute approximate surface area is 176 Å². The molecule has 2 amide bonds. The first-order valence-electron chi connectivity index (χ1n) is 9.80. The lowest BCUT2D eigenvalue weighted by Gasteiger charge is -2.39. The highest BCUT2D eigenvalue weighted by atomic mass is 19.3. The topological polar surface area (TPSA) is 95.9 Å². The van der Waals surface area contributed by atoms with Crippen molar-refractivity contribution in [1.29, 1.82) is 0 Å². The number of rotatable bonds is 6. The largest absolute Gasteiger partial charge is 0.480 e. The summed E-state index contributed by atoms with van der Waals surface area (Å²) in [5.41, 5.74) is 4.03. The number of halogens is 2. The van der Waals surface area contributed by atoms with E-state index in [0.717, 1.165) is 22.3 Å². The average molecular weight is 430 g/mol. The molecule has 0 bridgehead atoms. The van der Waals surface area contributed by atoms with Gasteiger partial charge in [0.25, 0.3) is 5.91 Å². The molecule has 9 heteroatoms. The molecule has 2 aromatic rings. The maximum Gasteiger partial charge on any atom is 0.407 e. The van der Waals surface area contributed by atoms with E-state index in [2.05, 4.69) is 0 Å². The Morgan fingerprint density at radius 1 is 1.06 bits per heavy atom. The van der Waals surface area contributed by atoms with Gasteiger partial charge < -0.3 is 20.1 Å². The van der Waals surface area contributed by atoms with Crippen LogP contribution in [0, 0.1) is 0 Å². The average Bonchev–Trinajstić information content (AvgIpc) is 3.03. The molecule has 2 aliphatic rings. The van der Waals surface area contributed by atoms with Gasteiger partial charge in [-0.15, -0.1) is 0 Å². The summed E-state index contributed by atoms with van der Waals surface area (Å²) in [6.45, 7) is -1.38. The SMILES string of the molecule is O=C(NCC(F)(F)C(=O)N1CCC1C(=O)O)OCC1c2ccccc2-c2ccccc21. The van der Waals surface area contributed by atoms with Crippen molar-refractivity contribution >= 4 is 18.0 Å². The summed E-state index contributed by atoms with van der Waals surface area (Å²) >= 11 is 0. The first kappa shape index (κ1) is 20.8. The van der Waals surface area contributed by atoms with Gasteiger partial charge in [-0.25, -0.2) is 9.59 Å². The molecule has 1 heterocycles. The van der Waals surface area contributed by atoms with Crippen molar-refractivity contribution in [3.63, 3.8) is 0 Å². The van der Waals surface area contributed by atoms with Crippen LogP contribution in [0.25, 0.3) is 11.1 Å². The Bertz CT molecular complexity index is 997. The predicted molar refractivity (Wildman–Crippen MR) is 106 cm³/mol. The first-order valence-corrected chi connectivity index (χ1v) is 9.80. The molecule has 0 aromatic heterocycles. The quantitative estimate of drug-likeness (QED) is 0.735. The number of likely N-dealkylation sites (tertiary alicyclic amines) is 1. The van der Waals surface area contributed by atoms with Crippen molar-refractivity contribution in [3.05, 3.63) is 59.7 Å². The van der Waals surface area contributed by atoms with Crippen LogP contribution in [0.5, 0.6) is 0 Å². The summed E-state index contributed by atoms with van der Waals surface area (Å²) in [4.78, 5) is 35.5. The molecule has 4 rings (SSSR count). The maximum absolute atomic E-state index is 14.2. The van der Waals surface area contributed by atoms with E-state index in [4.69, 9.17) is 9.84 Å². The zero-order valence-corrected chi connectivity index (χ0v) is 16.4. The molecule has 31 heavy (non-hydrogen) atoms. The van der Waals surface area contributed by atoms with Gasteiger partial charge in [0.05, 0.1) is 6.54 Å². The van der Waals surface area contributed by atoms with Crippen LogP contribution in [0.15, 0.2) is 48.5 Å². The molecule has 2 N–H and O–H groups in total. The van der Waals surface area contributed by atoms with Crippen molar-refractivity contribution in [2.45, 2.75) is 24.3 Å². The minimum atomic E-state index is -3.93. The molecule has 1 saturated heterocycles. The molecular formula is C22H20F2N2O5. The molecule has 1 fully saturated rings. The number of alkyl halides is 2. The number of hydrogen-bond acceptors (Lipinski definition) is 4. The van der Waals surface area contributed by atoms with Gasteiger partial charge in [0, 0.05) is 12.5 Å². The number of nitrogens with zero attached hydrogens (tertiary/aromatic N) is 1. The van der Waals surface area contributed by atoms with Crippen LogP contribution < -0.4 is 5.32 Å². The smallest absolute Gasteiger partial charge is 0.407 e. The molecule has 1 aliphatic heterocycles. The third-order valence-corrected chi connectivity index (χ3v) is 5.68. The summed E-state index contributed by atoms with van der Waals surface area (Å²) in [7, 11) is 0. The first-order chi connectivity index (χ1) is 14.8. The minimum Gasteiger partial charge on any atom is -0.480 e. The second-order valence-electron chi connectivity index (χ2n) is 7.52. The van der Waals surface area contributed by atoms with E-state index in [1.54, 1.807) is 0 Å². The fourth-order valence-electron chi connectivity index (χ4n) is 4.01. The van der Waals surface area contributed by atoms with Gasteiger partial charge in [-0.1, -0.05) is 48.5 Å². The fraction of sp³-hybridized carbons (Fsp3) is 0.318. The Balaban J connectivity index is 1.35. The van der Waals surface area contributed by atoms with Gasteiger partial charge in [-0.3, -0.25) is 4.79 Å². The highest BCUT2D eigenvalue weighted by Crippen LogP contribution is 2.44. The zero-order valence-electron chi connectivity index (χ0n) is 16.4. The molecule has 1 unspecified atom stereocenters. The predicted octanol–water partition coefficient (Wildman–Crippen LogP) is 2.85. The van der Waals surface area contributed by atoms with Crippen molar-refractivity contribution < 1.29 is 33.0 Å². The van der Waals surface area contributed by atoms with E-state index in [1.807, 2.05) is 53.8 Å². The van der Waals surface area contributed by atoms with Gasteiger partial charge in [0.2, 0.25) is 0 Å². The van der Waals surface area contributed by atoms with E-state index < -0.39 is 36.5 Å².